The Labute approximate surface area is 165 Å². The van der Waals surface area contributed by atoms with Crippen molar-refractivity contribution >= 4 is 27.5 Å². The van der Waals surface area contributed by atoms with E-state index < -0.39 is 10.0 Å². The van der Waals surface area contributed by atoms with Crippen LogP contribution < -0.4 is 0 Å². The fourth-order valence-electron chi connectivity index (χ4n) is 3.30. The van der Waals surface area contributed by atoms with Gasteiger partial charge in [0.25, 0.3) is 5.91 Å². The first-order valence-corrected chi connectivity index (χ1v) is 10.8. The van der Waals surface area contributed by atoms with E-state index in [1.54, 1.807) is 37.4 Å². The highest BCUT2D eigenvalue weighted by atomic mass is 35.5. The number of carbonyl (C=O) groups excluding carboxylic acids is 1. The maximum atomic E-state index is 13.1. The van der Waals surface area contributed by atoms with E-state index in [1.807, 2.05) is 12.1 Å². The van der Waals surface area contributed by atoms with Crippen LogP contribution in [0.3, 0.4) is 0 Å². The highest BCUT2D eigenvalue weighted by Gasteiger charge is 2.30. The van der Waals surface area contributed by atoms with Crippen molar-refractivity contribution in [2.24, 2.45) is 0 Å². The molecule has 1 aliphatic rings. The molecule has 1 amide bonds. The van der Waals surface area contributed by atoms with Crippen LogP contribution >= 0.6 is 11.6 Å². The van der Waals surface area contributed by atoms with E-state index in [1.165, 1.54) is 15.3 Å². The van der Waals surface area contributed by atoms with E-state index in [-0.39, 0.29) is 16.4 Å². The summed E-state index contributed by atoms with van der Waals surface area (Å²) >= 11 is 6.01. The second-order valence-electron chi connectivity index (χ2n) is 6.75. The predicted octanol–water partition coefficient (Wildman–Crippen LogP) is 3.79. The summed E-state index contributed by atoms with van der Waals surface area (Å²) in [5.41, 5.74) is 1.09. The first-order chi connectivity index (χ1) is 12.9. The zero-order chi connectivity index (χ0) is 19.4. The van der Waals surface area contributed by atoms with E-state index in [0.29, 0.717) is 24.7 Å². The molecule has 1 fully saturated rings. The Balaban J connectivity index is 1.87. The number of nitrogens with zero attached hydrogens (tertiary/aromatic N) is 2. The van der Waals surface area contributed by atoms with Crippen molar-refractivity contribution in [2.75, 3.05) is 20.1 Å². The van der Waals surface area contributed by atoms with Crippen molar-refractivity contribution in [3.8, 4) is 0 Å². The van der Waals surface area contributed by atoms with E-state index in [4.69, 9.17) is 11.6 Å². The smallest absolute Gasteiger partial charge is 0.255 e. The molecule has 2 aromatic carbocycles. The predicted molar refractivity (Wildman–Crippen MR) is 106 cm³/mol. The zero-order valence-corrected chi connectivity index (χ0v) is 16.8. The lowest BCUT2D eigenvalue weighted by Crippen LogP contribution is -2.37. The third-order valence-corrected chi connectivity index (χ3v) is 6.90. The van der Waals surface area contributed by atoms with Crippen LogP contribution in [0.1, 0.15) is 35.2 Å². The second-order valence-corrected chi connectivity index (χ2v) is 9.09. The van der Waals surface area contributed by atoms with Gasteiger partial charge in [0.1, 0.15) is 0 Å². The first-order valence-electron chi connectivity index (χ1n) is 8.98. The van der Waals surface area contributed by atoms with Gasteiger partial charge in [-0.05, 0) is 42.7 Å². The number of rotatable bonds is 5. The molecule has 1 aliphatic heterocycles. The lowest BCUT2D eigenvalue weighted by Gasteiger charge is -2.27. The number of sulfonamides is 1. The largest absolute Gasteiger partial charge is 0.337 e. The minimum absolute atomic E-state index is 0.0786. The van der Waals surface area contributed by atoms with Gasteiger partial charge in [0.05, 0.1) is 10.5 Å². The van der Waals surface area contributed by atoms with Crippen molar-refractivity contribution in [3.63, 3.8) is 0 Å². The molecule has 0 N–H and O–H groups in total. The molecule has 0 unspecified atom stereocenters. The first kappa shape index (κ1) is 19.9. The molecule has 144 valence electrons. The summed E-state index contributed by atoms with van der Waals surface area (Å²) in [6.45, 7) is 1.35. The minimum Gasteiger partial charge on any atom is -0.337 e. The van der Waals surface area contributed by atoms with E-state index in [0.717, 1.165) is 24.8 Å². The molecule has 1 saturated heterocycles. The molecule has 0 atom stereocenters. The monoisotopic (exact) mass is 406 g/mol. The van der Waals surface area contributed by atoms with Gasteiger partial charge >= 0.3 is 0 Å². The molecule has 27 heavy (non-hydrogen) atoms. The summed E-state index contributed by atoms with van der Waals surface area (Å²) in [5, 5.41) is 0.599. The number of carbonyl (C=O) groups is 1. The maximum absolute atomic E-state index is 13.1. The summed E-state index contributed by atoms with van der Waals surface area (Å²) in [5.74, 6) is -0.328. The number of amides is 1. The topological polar surface area (TPSA) is 57.7 Å². The van der Waals surface area contributed by atoms with Crippen LogP contribution in [0, 0.1) is 0 Å². The standard InChI is InChI=1S/C20H23ClN2O3S/c1-22(15-16-8-7-9-17(21)14-16)20(24)18-10-3-4-11-19(18)27(25,26)23-12-5-2-6-13-23/h3-4,7-11,14H,2,5-6,12-13,15H2,1H3. The molecule has 2 aromatic rings. The molecule has 0 saturated carbocycles. The highest BCUT2D eigenvalue weighted by molar-refractivity contribution is 7.89. The van der Waals surface area contributed by atoms with Gasteiger partial charge in [-0.25, -0.2) is 8.42 Å². The average molecular weight is 407 g/mol. The summed E-state index contributed by atoms with van der Waals surface area (Å²) in [7, 11) is -2.03. The molecule has 0 aromatic heterocycles. The van der Waals surface area contributed by atoms with Crippen molar-refractivity contribution in [1.82, 2.24) is 9.21 Å². The lowest BCUT2D eigenvalue weighted by molar-refractivity contribution is 0.0781. The number of benzene rings is 2. The SMILES string of the molecule is CN(Cc1cccc(Cl)c1)C(=O)c1ccccc1S(=O)(=O)N1CCCCC1. The third kappa shape index (κ3) is 4.51. The summed E-state index contributed by atoms with van der Waals surface area (Å²) < 4.78 is 27.6. The van der Waals surface area contributed by atoms with Crippen molar-refractivity contribution < 1.29 is 13.2 Å². The summed E-state index contributed by atoms with van der Waals surface area (Å²) in [6, 6.07) is 13.7. The van der Waals surface area contributed by atoms with Gasteiger partial charge in [-0.1, -0.05) is 42.3 Å². The second kappa shape index (κ2) is 8.42. The Bertz CT molecular complexity index is 924. The van der Waals surface area contributed by atoms with Gasteiger partial charge in [0, 0.05) is 31.7 Å². The van der Waals surface area contributed by atoms with Gasteiger partial charge in [0.15, 0.2) is 0 Å². The minimum atomic E-state index is -3.69. The number of piperidine rings is 1. The van der Waals surface area contributed by atoms with E-state index >= 15 is 0 Å². The molecule has 5 nitrogen and oxygen atoms in total. The van der Waals surface area contributed by atoms with Crippen LogP contribution in [0.2, 0.25) is 5.02 Å². The summed E-state index contributed by atoms with van der Waals surface area (Å²) in [6.07, 6.45) is 2.74. The number of hydrogen-bond donors (Lipinski definition) is 0. The normalized spacial score (nSPS) is 15.5. The highest BCUT2D eigenvalue weighted by Crippen LogP contribution is 2.25. The van der Waals surface area contributed by atoms with E-state index in [2.05, 4.69) is 0 Å². The molecule has 1 heterocycles. The molecule has 0 spiro atoms. The number of halogens is 1. The van der Waals surface area contributed by atoms with Crippen LogP contribution in [0.15, 0.2) is 53.4 Å². The number of hydrogen-bond acceptors (Lipinski definition) is 3. The molecule has 3 rings (SSSR count). The average Bonchev–Trinajstić information content (AvgIpc) is 2.68. The summed E-state index contributed by atoms with van der Waals surface area (Å²) in [4.78, 5) is 14.6. The maximum Gasteiger partial charge on any atom is 0.255 e. The Morgan fingerprint density at radius 3 is 2.48 bits per heavy atom. The van der Waals surface area contributed by atoms with Crippen LogP contribution in [0.5, 0.6) is 0 Å². The van der Waals surface area contributed by atoms with Crippen LogP contribution in [0.4, 0.5) is 0 Å². The molecule has 0 radical (unpaired) electrons. The molecule has 0 bridgehead atoms. The molecular formula is C20H23ClN2O3S. The Hall–Kier alpha value is -1.89. The third-order valence-electron chi connectivity index (χ3n) is 4.71. The van der Waals surface area contributed by atoms with Crippen LogP contribution in [0.25, 0.3) is 0 Å². The van der Waals surface area contributed by atoms with Crippen molar-refractivity contribution in [1.29, 1.82) is 0 Å². The Morgan fingerprint density at radius 1 is 1.07 bits per heavy atom. The van der Waals surface area contributed by atoms with Gasteiger partial charge < -0.3 is 4.90 Å². The Morgan fingerprint density at radius 2 is 1.78 bits per heavy atom. The lowest BCUT2D eigenvalue weighted by atomic mass is 10.1. The van der Waals surface area contributed by atoms with Crippen LogP contribution in [-0.2, 0) is 16.6 Å². The Kier molecular flexibility index (Phi) is 6.19. The van der Waals surface area contributed by atoms with Gasteiger partial charge in [0.2, 0.25) is 10.0 Å². The van der Waals surface area contributed by atoms with Crippen molar-refractivity contribution in [2.45, 2.75) is 30.7 Å². The fraction of sp³-hybridized carbons (Fsp3) is 0.350. The molecule has 7 heteroatoms. The van der Waals surface area contributed by atoms with Crippen molar-refractivity contribution in [3.05, 3.63) is 64.7 Å². The van der Waals surface area contributed by atoms with Crippen LogP contribution in [-0.4, -0.2) is 43.7 Å². The van der Waals surface area contributed by atoms with E-state index in [9.17, 15) is 13.2 Å². The molecule has 0 aliphatic carbocycles. The van der Waals surface area contributed by atoms with Gasteiger partial charge in [-0.2, -0.15) is 4.31 Å². The fourth-order valence-corrected chi connectivity index (χ4v) is 5.21. The van der Waals surface area contributed by atoms with Gasteiger partial charge in [-0.15, -0.1) is 0 Å². The molecular weight excluding hydrogens is 384 g/mol. The zero-order valence-electron chi connectivity index (χ0n) is 15.3. The van der Waals surface area contributed by atoms with Gasteiger partial charge in [-0.3, -0.25) is 4.79 Å². The quantitative estimate of drug-likeness (QED) is 0.759.